The van der Waals surface area contributed by atoms with Crippen LogP contribution in [0.4, 0.5) is 11.4 Å². The van der Waals surface area contributed by atoms with Crippen molar-refractivity contribution in [3.8, 4) is 0 Å². The van der Waals surface area contributed by atoms with E-state index < -0.39 is 8.32 Å². The Kier molecular flexibility index (Phi) is 4.44. The van der Waals surface area contributed by atoms with Crippen molar-refractivity contribution < 1.29 is 4.43 Å². The largest absolute Gasteiger partial charge is 0.416 e. The highest BCUT2D eigenvalue weighted by atomic mass is 28.4. The maximum atomic E-state index is 6.19. The molecule has 0 aliphatic rings. The third-order valence-electron chi connectivity index (χ3n) is 4.51. The van der Waals surface area contributed by atoms with Crippen molar-refractivity contribution >= 4 is 30.7 Å². The molecule has 0 unspecified atom stereocenters. The zero-order valence-electron chi connectivity index (χ0n) is 14.1. The molecule has 120 valence electrons. The minimum Gasteiger partial charge on any atom is -0.416 e. The number of hydrogen-bond acceptors (Lipinski definition) is 5. The van der Waals surface area contributed by atoms with Crippen LogP contribution in [0.2, 0.25) is 18.1 Å². The van der Waals surface area contributed by atoms with E-state index in [-0.39, 0.29) is 5.04 Å². The SMILES string of the molecule is CC(C)(C)[Si](C)(C)OCCc1nc2cccnc2c(N)c1N. The van der Waals surface area contributed by atoms with Crippen LogP contribution in [0.5, 0.6) is 0 Å². The summed E-state index contributed by atoms with van der Waals surface area (Å²) in [6.45, 7) is 11.8. The number of nitrogens with two attached hydrogens (primary N) is 2. The molecule has 0 atom stereocenters. The lowest BCUT2D eigenvalue weighted by atomic mass is 10.1. The summed E-state index contributed by atoms with van der Waals surface area (Å²) in [5.74, 6) is 0. The molecule has 4 N–H and O–H groups in total. The van der Waals surface area contributed by atoms with E-state index in [0.717, 1.165) is 11.2 Å². The Morgan fingerprint density at radius 1 is 1.18 bits per heavy atom. The molecule has 0 saturated carbocycles. The van der Waals surface area contributed by atoms with Gasteiger partial charge in [-0.2, -0.15) is 0 Å². The van der Waals surface area contributed by atoms with Gasteiger partial charge in [-0.15, -0.1) is 0 Å². The fourth-order valence-electron chi connectivity index (χ4n) is 1.99. The van der Waals surface area contributed by atoms with Crippen molar-refractivity contribution in [1.29, 1.82) is 0 Å². The van der Waals surface area contributed by atoms with Crippen LogP contribution in [-0.2, 0) is 10.8 Å². The summed E-state index contributed by atoms with van der Waals surface area (Å²) < 4.78 is 6.19. The second kappa shape index (κ2) is 5.85. The Morgan fingerprint density at radius 2 is 1.86 bits per heavy atom. The first-order chi connectivity index (χ1) is 10.1. The lowest BCUT2D eigenvalue weighted by Crippen LogP contribution is -2.41. The molecule has 0 spiro atoms. The molecule has 6 heteroatoms. The van der Waals surface area contributed by atoms with Gasteiger partial charge >= 0.3 is 0 Å². The quantitative estimate of drug-likeness (QED) is 0.844. The summed E-state index contributed by atoms with van der Waals surface area (Å²) >= 11 is 0. The monoisotopic (exact) mass is 318 g/mol. The Bertz CT molecular complexity index is 680. The number of anilines is 2. The normalized spacial score (nSPS) is 12.8. The fraction of sp³-hybridized carbons (Fsp3) is 0.500. The van der Waals surface area contributed by atoms with Crippen LogP contribution in [0.1, 0.15) is 26.5 Å². The van der Waals surface area contributed by atoms with E-state index >= 15 is 0 Å². The molecule has 0 aromatic carbocycles. The van der Waals surface area contributed by atoms with E-state index in [0.29, 0.717) is 29.9 Å². The van der Waals surface area contributed by atoms with E-state index in [4.69, 9.17) is 15.9 Å². The van der Waals surface area contributed by atoms with Crippen molar-refractivity contribution in [2.45, 2.75) is 45.3 Å². The van der Waals surface area contributed by atoms with Crippen LogP contribution < -0.4 is 11.5 Å². The van der Waals surface area contributed by atoms with Gasteiger partial charge in [0.1, 0.15) is 5.52 Å². The number of nitrogen functional groups attached to an aromatic ring is 2. The van der Waals surface area contributed by atoms with Gasteiger partial charge in [0, 0.05) is 19.2 Å². The molecule has 2 aromatic heterocycles. The zero-order valence-corrected chi connectivity index (χ0v) is 15.1. The molecule has 0 aliphatic carbocycles. The lowest BCUT2D eigenvalue weighted by Gasteiger charge is -2.36. The van der Waals surface area contributed by atoms with Crippen LogP contribution in [0.3, 0.4) is 0 Å². The molecule has 5 nitrogen and oxygen atoms in total. The number of rotatable bonds is 4. The molecule has 2 heterocycles. The summed E-state index contributed by atoms with van der Waals surface area (Å²) in [4.78, 5) is 8.83. The van der Waals surface area contributed by atoms with E-state index in [9.17, 15) is 0 Å². The maximum absolute atomic E-state index is 6.19. The number of aromatic nitrogens is 2. The molecule has 2 rings (SSSR count). The van der Waals surface area contributed by atoms with Crippen LogP contribution in [0.25, 0.3) is 11.0 Å². The van der Waals surface area contributed by atoms with Gasteiger partial charge in [-0.25, -0.2) is 4.98 Å². The highest BCUT2D eigenvalue weighted by molar-refractivity contribution is 6.74. The van der Waals surface area contributed by atoms with Gasteiger partial charge in [0.05, 0.1) is 22.6 Å². The first-order valence-electron chi connectivity index (χ1n) is 7.56. The van der Waals surface area contributed by atoms with Gasteiger partial charge in [-0.1, -0.05) is 20.8 Å². The maximum Gasteiger partial charge on any atom is 0.191 e. The van der Waals surface area contributed by atoms with Crippen molar-refractivity contribution in [2.24, 2.45) is 0 Å². The van der Waals surface area contributed by atoms with Gasteiger partial charge in [0.2, 0.25) is 0 Å². The first kappa shape index (κ1) is 16.7. The molecule has 2 aromatic rings. The smallest absolute Gasteiger partial charge is 0.191 e. The number of hydrogen-bond donors (Lipinski definition) is 2. The van der Waals surface area contributed by atoms with E-state index in [1.807, 2.05) is 12.1 Å². The lowest BCUT2D eigenvalue weighted by molar-refractivity contribution is 0.291. The Morgan fingerprint density at radius 3 is 2.50 bits per heavy atom. The summed E-state index contributed by atoms with van der Waals surface area (Å²) in [5.41, 5.74) is 15.4. The third-order valence-corrected chi connectivity index (χ3v) is 9.04. The third kappa shape index (κ3) is 3.23. The molecule has 0 fully saturated rings. The Balaban J connectivity index is 2.18. The molecule has 22 heavy (non-hydrogen) atoms. The van der Waals surface area contributed by atoms with Gasteiger partial charge in [0.15, 0.2) is 8.32 Å². The number of nitrogens with zero attached hydrogens (tertiary/aromatic N) is 2. The van der Waals surface area contributed by atoms with Gasteiger partial charge in [0.25, 0.3) is 0 Å². The number of pyridine rings is 2. The van der Waals surface area contributed by atoms with Crippen LogP contribution in [-0.4, -0.2) is 24.9 Å². The Hall–Kier alpha value is -1.66. The molecule has 0 bridgehead atoms. The number of fused-ring (bicyclic) bond motifs is 1. The zero-order chi connectivity index (χ0) is 16.5. The van der Waals surface area contributed by atoms with Gasteiger partial charge in [-0.05, 0) is 30.3 Å². The predicted octanol–water partition coefficient (Wildman–Crippen LogP) is 3.36. The second-order valence-corrected chi connectivity index (χ2v) is 11.9. The fourth-order valence-corrected chi connectivity index (χ4v) is 3.04. The summed E-state index contributed by atoms with van der Waals surface area (Å²) in [5, 5.41) is 0.193. The predicted molar refractivity (Wildman–Crippen MR) is 95.2 cm³/mol. The van der Waals surface area contributed by atoms with Gasteiger partial charge in [-0.3, -0.25) is 4.98 Å². The summed E-state index contributed by atoms with van der Waals surface area (Å²) in [6, 6.07) is 3.75. The summed E-state index contributed by atoms with van der Waals surface area (Å²) in [6.07, 6.45) is 2.35. The van der Waals surface area contributed by atoms with Crippen LogP contribution in [0, 0.1) is 0 Å². The summed E-state index contributed by atoms with van der Waals surface area (Å²) in [7, 11) is -1.76. The van der Waals surface area contributed by atoms with Crippen molar-refractivity contribution in [3.05, 3.63) is 24.0 Å². The van der Waals surface area contributed by atoms with Crippen LogP contribution in [0.15, 0.2) is 18.3 Å². The highest BCUT2D eigenvalue weighted by Crippen LogP contribution is 2.36. The van der Waals surface area contributed by atoms with Crippen LogP contribution >= 0.6 is 0 Å². The minimum atomic E-state index is -1.76. The van der Waals surface area contributed by atoms with E-state index in [1.54, 1.807) is 6.20 Å². The molecule has 0 radical (unpaired) electrons. The molecular formula is C16H26N4OSi. The second-order valence-electron chi connectivity index (χ2n) is 7.12. The average Bonchev–Trinajstić information content (AvgIpc) is 2.43. The average molecular weight is 318 g/mol. The van der Waals surface area contributed by atoms with E-state index in [1.165, 1.54) is 0 Å². The highest BCUT2D eigenvalue weighted by Gasteiger charge is 2.36. The molecule has 0 aliphatic heterocycles. The molecule has 0 amide bonds. The van der Waals surface area contributed by atoms with Crippen molar-refractivity contribution in [3.63, 3.8) is 0 Å². The Labute approximate surface area is 133 Å². The van der Waals surface area contributed by atoms with Gasteiger partial charge < -0.3 is 15.9 Å². The van der Waals surface area contributed by atoms with E-state index in [2.05, 4.69) is 43.8 Å². The first-order valence-corrected chi connectivity index (χ1v) is 10.5. The van der Waals surface area contributed by atoms with Crippen molar-refractivity contribution in [1.82, 2.24) is 9.97 Å². The molecule has 0 saturated heterocycles. The van der Waals surface area contributed by atoms with Crippen molar-refractivity contribution in [2.75, 3.05) is 18.1 Å². The standard InChI is InChI=1S/C16H26N4OSi/c1-16(2,3)22(4,5)21-10-8-11-13(17)14(18)15-12(20-11)7-6-9-19-15/h6-7,9H,8,10,17H2,1-5H3,(H2,18,20). The molecular weight excluding hydrogens is 292 g/mol. The minimum absolute atomic E-state index is 0.193. The topological polar surface area (TPSA) is 87.0 Å².